The number of benzene rings is 3. The van der Waals surface area contributed by atoms with Gasteiger partial charge in [0, 0.05) is 24.5 Å². The van der Waals surface area contributed by atoms with Gasteiger partial charge in [0.05, 0.1) is 0 Å². The van der Waals surface area contributed by atoms with Crippen LogP contribution in [-0.4, -0.2) is 35.9 Å². The van der Waals surface area contributed by atoms with Crippen molar-refractivity contribution in [3.05, 3.63) is 101 Å². The van der Waals surface area contributed by atoms with Gasteiger partial charge in [-0.25, -0.2) is 0 Å². The molecule has 3 rings (SSSR count). The molecule has 5 nitrogen and oxygen atoms in total. The van der Waals surface area contributed by atoms with Gasteiger partial charge in [0.1, 0.15) is 11.8 Å². The zero-order valence-electron chi connectivity index (χ0n) is 22.0. The molecule has 0 spiro atoms. The van der Waals surface area contributed by atoms with E-state index < -0.39 is 6.04 Å². The molecule has 3 aromatic carbocycles. The molecule has 0 saturated carbocycles. The maximum Gasteiger partial charge on any atom is 0.261 e. The first-order valence-corrected chi connectivity index (χ1v) is 13.3. The summed E-state index contributed by atoms with van der Waals surface area (Å²) in [5.74, 6) is 0.526. The van der Waals surface area contributed by atoms with Crippen molar-refractivity contribution in [2.24, 2.45) is 0 Å². The molecular weight excluding hydrogens is 484 g/mol. The molecule has 0 aromatic heterocycles. The van der Waals surface area contributed by atoms with Crippen molar-refractivity contribution in [2.75, 3.05) is 13.2 Å². The van der Waals surface area contributed by atoms with Crippen LogP contribution in [0.15, 0.2) is 78.9 Å². The fourth-order valence-electron chi connectivity index (χ4n) is 4.16. The van der Waals surface area contributed by atoms with Gasteiger partial charge < -0.3 is 15.0 Å². The number of hydrogen-bond donors (Lipinski definition) is 1. The molecule has 1 N–H and O–H groups in total. The number of nitrogens with one attached hydrogen (secondary N) is 1. The van der Waals surface area contributed by atoms with Crippen LogP contribution in [0.5, 0.6) is 5.75 Å². The van der Waals surface area contributed by atoms with Crippen molar-refractivity contribution in [1.82, 2.24) is 10.2 Å². The SMILES string of the molecule is CCCCNC(=O)[C@@H](Cc1ccccc1)N(Cc1ccc(Cl)cc1)C(=O)COc1ccccc1C(C)C. The highest BCUT2D eigenvalue weighted by Crippen LogP contribution is 2.26. The average Bonchev–Trinajstić information content (AvgIpc) is 2.91. The standard InChI is InChI=1S/C31H37ClN2O3/c1-4-5-19-33-31(36)28(20-24-11-7-6-8-12-24)34(21-25-15-17-26(32)18-16-25)30(35)22-37-29-14-10-9-13-27(29)23(2)3/h6-18,23,28H,4-5,19-22H2,1-3H3,(H,33,36)/t28-/m1/s1. The first kappa shape index (κ1) is 28.3. The molecule has 3 aromatic rings. The minimum Gasteiger partial charge on any atom is -0.483 e. The smallest absolute Gasteiger partial charge is 0.261 e. The van der Waals surface area contributed by atoms with Crippen LogP contribution in [0.4, 0.5) is 0 Å². The van der Waals surface area contributed by atoms with Gasteiger partial charge in [-0.3, -0.25) is 9.59 Å². The molecule has 0 bridgehead atoms. The molecule has 0 aliphatic carbocycles. The van der Waals surface area contributed by atoms with E-state index in [2.05, 4.69) is 26.1 Å². The van der Waals surface area contributed by atoms with Gasteiger partial charge in [-0.2, -0.15) is 0 Å². The topological polar surface area (TPSA) is 58.6 Å². The summed E-state index contributed by atoms with van der Waals surface area (Å²) in [6.45, 7) is 6.94. The third kappa shape index (κ3) is 8.64. The van der Waals surface area contributed by atoms with Gasteiger partial charge in [-0.1, -0.05) is 99.5 Å². The lowest BCUT2D eigenvalue weighted by atomic mass is 10.0. The third-order valence-corrected chi connectivity index (χ3v) is 6.51. The molecule has 0 heterocycles. The van der Waals surface area contributed by atoms with E-state index in [1.165, 1.54) is 0 Å². The average molecular weight is 521 g/mol. The second kappa shape index (κ2) is 14.4. The van der Waals surface area contributed by atoms with E-state index in [-0.39, 0.29) is 30.9 Å². The number of para-hydroxylation sites is 1. The van der Waals surface area contributed by atoms with Crippen molar-refractivity contribution >= 4 is 23.4 Å². The Bertz CT molecular complexity index is 1130. The Morgan fingerprint density at radius 3 is 2.27 bits per heavy atom. The lowest BCUT2D eigenvalue weighted by molar-refractivity contribution is -0.142. The lowest BCUT2D eigenvalue weighted by Crippen LogP contribution is -2.51. The predicted octanol–water partition coefficient (Wildman–Crippen LogP) is 6.40. The molecule has 6 heteroatoms. The number of rotatable bonds is 13. The third-order valence-electron chi connectivity index (χ3n) is 6.26. The minimum absolute atomic E-state index is 0.162. The predicted molar refractivity (Wildman–Crippen MR) is 150 cm³/mol. The summed E-state index contributed by atoms with van der Waals surface area (Å²) in [6, 6.07) is 24.2. The zero-order chi connectivity index (χ0) is 26.6. The summed E-state index contributed by atoms with van der Waals surface area (Å²) < 4.78 is 6.03. The van der Waals surface area contributed by atoms with Crippen LogP contribution in [0.3, 0.4) is 0 Å². The number of carbonyl (C=O) groups excluding carboxylic acids is 2. The Labute approximate surface area is 225 Å². The second-order valence-electron chi connectivity index (χ2n) is 9.48. The van der Waals surface area contributed by atoms with E-state index in [1.807, 2.05) is 66.7 Å². The molecular formula is C31H37ClN2O3. The van der Waals surface area contributed by atoms with Crippen molar-refractivity contribution in [3.8, 4) is 5.75 Å². The monoisotopic (exact) mass is 520 g/mol. The van der Waals surface area contributed by atoms with Crippen LogP contribution in [0.2, 0.25) is 5.02 Å². The maximum absolute atomic E-state index is 13.7. The van der Waals surface area contributed by atoms with Crippen LogP contribution in [0.1, 0.15) is 56.2 Å². The highest BCUT2D eigenvalue weighted by atomic mass is 35.5. The van der Waals surface area contributed by atoms with Crippen molar-refractivity contribution in [2.45, 2.75) is 58.5 Å². The van der Waals surface area contributed by atoms with E-state index in [1.54, 1.807) is 17.0 Å². The lowest BCUT2D eigenvalue weighted by Gasteiger charge is -2.31. The van der Waals surface area contributed by atoms with Crippen LogP contribution in [0, 0.1) is 0 Å². The number of nitrogens with zero attached hydrogens (tertiary/aromatic N) is 1. The summed E-state index contributed by atoms with van der Waals surface area (Å²) in [7, 11) is 0. The van der Waals surface area contributed by atoms with Crippen LogP contribution in [-0.2, 0) is 22.6 Å². The van der Waals surface area contributed by atoms with Crippen molar-refractivity contribution in [1.29, 1.82) is 0 Å². The number of amides is 2. The van der Waals surface area contributed by atoms with Crippen molar-refractivity contribution < 1.29 is 14.3 Å². The van der Waals surface area contributed by atoms with Gasteiger partial charge >= 0.3 is 0 Å². The number of unbranched alkanes of at least 4 members (excludes halogenated alkanes) is 1. The summed E-state index contributed by atoms with van der Waals surface area (Å²) in [5, 5.41) is 3.66. The van der Waals surface area contributed by atoms with E-state index >= 15 is 0 Å². The van der Waals surface area contributed by atoms with Crippen LogP contribution >= 0.6 is 11.6 Å². The van der Waals surface area contributed by atoms with Gasteiger partial charge in [-0.15, -0.1) is 0 Å². The highest BCUT2D eigenvalue weighted by Gasteiger charge is 2.30. The van der Waals surface area contributed by atoms with Gasteiger partial charge in [-0.05, 0) is 47.2 Å². The Morgan fingerprint density at radius 2 is 1.59 bits per heavy atom. The van der Waals surface area contributed by atoms with Gasteiger partial charge in [0.25, 0.3) is 5.91 Å². The maximum atomic E-state index is 13.7. The highest BCUT2D eigenvalue weighted by molar-refractivity contribution is 6.30. The summed E-state index contributed by atoms with van der Waals surface area (Å²) in [4.78, 5) is 28.8. The quantitative estimate of drug-likeness (QED) is 0.265. The first-order valence-electron chi connectivity index (χ1n) is 13.0. The van der Waals surface area contributed by atoms with E-state index in [0.29, 0.717) is 23.7 Å². The van der Waals surface area contributed by atoms with Crippen molar-refractivity contribution in [3.63, 3.8) is 0 Å². The number of halogens is 1. The fourth-order valence-corrected chi connectivity index (χ4v) is 4.28. The van der Waals surface area contributed by atoms with E-state index in [9.17, 15) is 9.59 Å². The summed E-state index contributed by atoms with van der Waals surface area (Å²) >= 11 is 6.10. The number of carbonyl (C=O) groups is 2. The molecule has 0 aliphatic heterocycles. The summed E-state index contributed by atoms with van der Waals surface area (Å²) in [5.41, 5.74) is 2.91. The Kier molecular flexibility index (Phi) is 11.0. The molecule has 0 unspecified atom stereocenters. The zero-order valence-corrected chi connectivity index (χ0v) is 22.7. The normalized spacial score (nSPS) is 11.7. The van der Waals surface area contributed by atoms with Crippen LogP contribution < -0.4 is 10.1 Å². The number of ether oxygens (including phenoxy) is 1. The first-order chi connectivity index (χ1) is 17.9. The van der Waals surface area contributed by atoms with Gasteiger partial charge in [0.15, 0.2) is 6.61 Å². The molecule has 0 aliphatic rings. The Morgan fingerprint density at radius 1 is 0.919 bits per heavy atom. The summed E-state index contributed by atoms with van der Waals surface area (Å²) in [6.07, 6.45) is 2.25. The fraction of sp³-hybridized carbons (Fsp3) is 0.355. The molecule has 37 heavy (non-hydrogen) atoms. The molecule has 0 fully saturated rings. The van der Waals surface area contributed by atoms with Crippen LogP contribution in [0.25, 0.3) is 0 Å². The van der Waals surface area contributed by atoms with Gasteiger partial charge in [0.2, 0.25) is 5.91 Å². The Balaban J connectivity index is 1.90. The number of hydrogen-bond acceptors (Lipinski definition) is 3. The molecule has 2 amide bonds. The van der Waals surface area contributed by atoms with E-state index in [0.717, 1.165) is 29.5 Å². The molecule has 1 atom stereocenters. The second-order valence-corrected chi connectivity index (χ2v) is 9.92. The molecule has 196 valence electrons. The Hall–Kier alpha value is -3.31. The molecule has 0 saturated heterocycles. The molecule has 0 radical (unpaired) electrons. The largest absolute Gasteiger partial charge is 0.483 e. The van der Waals surface area contributed by atoms with E-state index in [4.69, 9.17) is 16.3 Å². The minimum atomic E-state index is -0.689.